The first-order valence-electron chi connectivity index (χ1n) is 53.9. The Kier molecular flexibility index (Phi) is 21.3. The van der Waals surface area contributed by atoms with Gasteiger partial charge >= 0.3 is 0 Å². The van der Waals surface area contributed by atoms with Crippen molar-refractivity contribution in [2.45, 2.75) is 144 Å². The van der Waals surface area contributed by atoms with Gasteiger partial charge in [0.05, 0.1) is 27.8 Å². The minimum atomic E-state index is -2.44. The number of furan rings is 5. The van der Waals surface area contributed by atoms with E-state index in [1.807, 2.05) is 122 Å². The van der Waals surface area contributed by atoms with Gasteiger partial charge in [-0.2, -0.15) is 0 Å². The standard InChI is InChI=1S/C29H28NO.C28H26NO.C26H24NO.C25H22NO.C24H20NO/c1-19-22-12-6-7-13-23(22)29-28(24-14-8-9-15-26(24)31-29)27(19)25-18-21(16-17-30(25)2)20-10-4-3-5-11-20;1-18-21-11-5-6-12-22(21)28-27(23-13-7-8-14-25(23)30-28)26(18)24-17-20(15-16-29(24)2)19-9-3-4-10-19;1-16(2)18-13-14-27(4)22(15-18)24-17(3)19-9-5-6-10-20(19)26-25(24)21-11-7-8-12-23(21)28-26;1-4-17-13-14-26(3)21(15-17)23-16(2)18-9-5-6-10-19(18)25-24(23)20-11-7-8-12-22(20)27-25;1-15-12-13-25(3)20(14-15)22-16(2)17-8-4-5-9-18(17)24-23(22)19-10-6-7-11-21(19)26-24/h6-9,12-18,20H,3-5,10-11H2,1-2H3;5-8,11-17,19H,3-4,9-10H2,1-2H3;5-16H,1-4H3;5-15H,4H2,1-3H3;4-14H,1-3H3/q5*+1/i20D;19D;1D3,16D;4D2;. The number of benzene rings is 15. The molecule has 15 aromatic carbocycles. The van der Waals surface area contributed by atoms with Crippen molar-refractivity contribution in [2.24, 2.45) is 35.2 Å². The molecule has 10 aromatic heterocycles. The van der Waals surface area contributed by atoms with Gasteiger partial charge in [-0.3, -0.25) is 0 Å². The molecular formula is C132H120N5O5+5. The minimum absolute atomic E-state index is 0.458. The predicted molar refractivity (Wildman–Crippen MR) is 588 cm³/mol. The van der Waals surface area contributed by atoms with Gasteiger partial charge < -0.3 is 22.1 Å². The Morgan fingerprint density at radius 2 is 0.528 bits per heavy atom. The molecule has 27 rings (SSSR count). The Morgan fingerprint density at radius 3 is 0.824 bits per heavy atom. The molecule has 10 nitrogen and oxygen atoms in total. The second-order valence-corrected chi connectivity index (χ2v) is 38.9. The monoisotopic (exact) mass is 1860 g/mol. The molecule has 0 spiro atoms. The molecule has 1 unspecified atom stereocenters. The van der Waals surface area contributed by atoms with Crippen molar-refractivity contribution in [3.05, 3.63) is 390 Å². The summed E-state index contributed by atoms with van der Waals surface area (Å²) in [5.74, 6) is -2.67. The Morgan fingerprint density at radius 1 is 0.289 bits per heavy atom. The lowest BCUT2D eigenvalue weighted by Crippen LogP contribution is -2.31. The van der Waals surface area contributed by atoms with Crippen LogP contribution in [0.1, 0.15) is 163 Å². The molecule has 2 fully saturated rings. The zero-order chi connectivity index (χ0) is 104. The van der Waals surface area contributed by atoms with E-state index in [1.54, 1.807) is 13.0 Å². The molecule has 0 amide bonds. The molecule has 2 saturated carbocycles. The van der Waals surface area contributed by atoms with Crippen molar-refractivity contribution in [1.82, 2.24) is 0 Å². The van der Waals surface area contributed by atoms with Gasteiger partial charge in [0, 0.05) is 152 Å². The summed E-state index contributed by atoms with van der Waals surface area (Å²) < 4.78 is 109. The lowest BCUT2D eigenvalue weighted by Gasteiger charge is -2.22. The van der Waals surface area contributed by atoms with Crippen LogP contribution in [0.15, 0.2) is 356 Å². The Balaban J connectivity index is 0.000000103. The van der Waals surface area contributed by atoms with Crippen LogP contribution in [0.5, 0.6) is 0 Å². The molecule has 0 saturated heterocycles. The average Bonchev–Trinajstić information content (AvgIpc) is 1.56. The molecule has 25 aromatic rings. The van der Waals surface area contributed by atoms with E-state index in [2.05, 4.69) is 306 Å². The van der Waals surface area contributed by atoms with E-state index in [1.165, 1.54) is 107 Å². The van der Waals surface area contributed by atoms with E-state index in [0.717, 1.165) is 222 Å². The molecule has 0 bridgehead atoms. The van der Waals surface area contributed by atoms with Crippen molar-refractivity contribution < 1.29 is 55.9 Å². The second kappa shape index (κ2) is 37.2. The zero-order valence-electron chi connectivity index (χ0n) is 90.9. The van der Waals surface area contributed by atoms with Gasteiger partial charge in [-0.1, -0.05) is 265 Å². The SMILES string of the molecule is Cc1cc[n+](C)c(-c2c(C)c3ccccc3c3oc4ccccc4c23)c1.[2H]C([2H])(C)c1cc[n+](C)c(-c2c(C)c3ccccc3c3oc4ccccc4c23)c1.[2H]C([2H])([2H])C([2H])(C)c1cc[n+](C)c(-c2c(C)c3ccccc3c3oc4ccccc4c23)c1.[2H]C1(c2cc[n+](C)c(-c3c(C)c4ccccc4c4oc5ccccc5c34)c2)CCCC1.[2H]C1(c2cc[n+](C)c(-c3c(C)c4ccccc4c4oc5ccccc5c34)c2)CCCCC1. The summed E-state index contributed by atoms with van der Waals surface area (Å²) in [6, 6.07) is 104. The molecule has 2 aliphatic carbocycles. The Bertz CT molecular complexity index is 9780. The summed E-state index contributed by atoms with van der Waals surface area (Å²) in [6.07, 6.45) is 18.4. The van der Waals surface area contributed by atoms with Crippen molar-refractivity contribution in [3.8, 4) is 56.3 Å². The van der Waals surface area contributed by atoms with E-state index in [0.29, 0.717) is 11.1 Å². The third-order valence-electron chi connectivity index (χ3n) is 30.4. The number of fused-ring (bicyclic) bond motifs is 25. The largest absolute Gasteiger partial charge is 0.455 e. The molecule has 10 heteroatoms. The predicted octanol–water partition coefficient (Wildman–Crippen LogP) is 33.4. The Labute approximate surface area is 839 Å². The van der Waals surface area contributed by atoms with Crippen molar-refractivity contribution in [2.75, 3.05) is 0 Å². The minimum Gasteiger partial charge on any atom is -0.455 e. The summed E-state index contributed by atoms with van der Waals surface area (Å²) in [6.45, 7) is 13.7. The molecule has 1 atom stereocenters. The fraction of sp³-hybridized carbons (Fsp3) is 0.205. The first-order chi connectivity index (χ1) is 72.2. The molecule has 142 heavy (non-hydrogen) atoms. The van der Waals surface area contributed by atoms with Crippen molar-refractivity contribution >= 4 is 164 Å². The third-order valence-corrected chi connectivity index (χ3v) is 30.4. The number of pyridine rings is 5. The van der Waals surface area contributed by atoms with E-state index in [-0.39, 0.29) is 0 Å². The molecule has 10 heterocycles. The number of hydrogen-bond donors (Lipinski definition) is 0. The first-order valence-corrected chi connectivity index (χ1v) is 49.9. The maximum Gasteiger partial charge on any atom is 0.213 e. The molecule has 0 radical (unpaired) electrons. The van der Waals surface area contributed by atoms with Crippen LogP contribution in [-0.2, 0) is 41.6 Å². The fourth-order valence-electron chi connectivity index (χ4n) is 23.1. The molecule has 698 valence electrons. The number of nitrogens with zero attached hydrogens (tertiary/aromatic N) is 5. The zero-order valence-corrected chi connectivity index (χ0v) is 82.9. The number of hydrogen-bond acceptors (Lipinski definition) is 5. The van der Waals surface area contributed by atoms with E-state index in [4.69, 9.17) is 31.7 Å². The van der Waals surface area contributed by atoms with E-state index in [9.17, 15) is 1.37 Å². The van der Waals surface area contributed by atoms with Gasteiger partial charge in [-0.25, -0.2) is 22.8 Å². The van der Waals surface area contributed by atoms with Crippen LogP contribution in [0.25, 0.3) is 220 Å². The lowest BCUT2D eigenvalue weighted by molar-refractivity contribution is -0.660. The molecule has 2 aliphatic rings. The molecule has 0 aliphatic heterocycles. The van der Waals surface area contributed by atoms with Gasteiger partial charge in [-0.15, -0.1) is 0 Å². The summed E-state index contributed by atoms with van der Waals surface area (Å²) in [5.41, 5.74) is 30.9. The molecular weight excluding hydrogens is 1740 g/mol. The third kappa shape index (κ3) is 15.6. The highest BCUT2D eigenvalue weighted by Gasteiger charge is 2.33. The average molecular weight is 1860 g/mol. The fourth-order valence-corrected chi connectivity index (χ4v) is 23.1. The maximum absolute atomic E-state index is 9.21. The van der Waals surface area contributed by atoms with Gasteiger partial charge in [-0.05, 0) is 204 Å². The van der Waals surface area contributed by atoms with Crippen LogP contribution in [-0.4, -0.2) is 0 Å². The van der Waals surface area contributed by atoms with Crippen LogP contribution in [0, 0.1) is 41.5 Å². The van der Waals surface area contributed by atoms with Crippen LogP contribution < -0.4 is 22.8 Å². The van der Waals surface area contributed by atoms with E-state index < -0.39 is 30.9 Å². The number of aromatic nitrogens is 5. The van der Waals surface area contributed by atoms with Crippen LogP contribution in [0.2, 0.25) is 0 Å². The van der Waals surface area contributed by atoms with Gasteiger partial charge in [0.15, 0.2) is 31.0 Å². The summed E-state index contributed by atoms with van der Waals surface area (Å²) in [7, 11) is 10.3. The molecule has 0 N–H and O–H groups in total. The highest BCUT2D eigenvalue weighted by molar-refractivity contribution is 6.27. The number of para-hydroxylation sites is 5. The van der Waals surface area contributed by atoms with Gasteiger partial charge in [0.25, 0.3) is 0 Å². The van der Waals surface area contributed by atoms with Crippen LogP contribution >= 0.6 is 0 Å². The van der Waals surface area contributed by atoms with Gasteiger partial charge in [0.1, 0.15) is 91.1 Å². The van der Waals surface area contributed by atoms with Gasteiger partial charge in [0.2, 0.25) is 28.5 Å². The van der Waals surface area contributed by atoms with Crippen molar-refractivity contribution in [3.63, 3.8) is 0 Å². The smallest absolute Gasteiger partial charge is 0.213 e. The summed E-state index contributed by atoms with van der Waals surface area (Å²) >= 11 is 0. The van der Waals surface area contributed by atoms with Crippen LogP contribution in [0.4, 0.5) is 0 Å². The lowest BCUT2D eigenvalue weighted by atomic mass is 9.83. The Hall–Kier alpha value is -15.7. The normalized spacial score (nSPS) is 15.1. The highest BCUT2D eigenvalue weighted by atomic mass is 16.3. The number of aryl methyl sites for hydroxylation is 12. The van der Waals surface area contributed by atoms with Crippen LogP contribution in [0.3, 0.4) is 0 Å². The topological polar surface area (TPSA) is 85.1 Å². The highest BCUT2D eigenvalue weighted by Crippen LogP contribution is 2.51. The number of rotatable bonds is 9. The second-order valence-electron chi connectivity index (χ2n) is 38.9. The van der Waals surface area contributed by atoms with E-state index >= 15 is 0 Å². The van der Waals surface area contributed by atoms with Crippen molar-refractivity contribution in [1.29, 1.82) is 0 Å². The first kappa shape index (κ1) is 81.2. The maximum atomic E-state index is 9.21. The quantitative estimate of drug-likeness (QED) is 0.134. The summed E-state index contributed by atoms with van der Waals surface area (Å²) in [5, 5.41) is 22.8. The summed E-state index contributed by atoms with van der Waals surface area (Å²) in [4.78, 5) is 0.